The Bertz CT molecular complexity index is 158. The zero-order chi connectivity index (χ0) is 7.90. The molecular weight excluding hydrogens is 136 g/mol. The summed E-state index contributed by atoms with van der Waals surface area (Å²) in [7, 11) is 0. The van der Waals surface area contributed by atoms with Crippen LogP contribution in [0.4, 0.5) is 0 Å². The van der Waals surface area contributed by atoms with Crippen molar-refractivity contribution in [2.24, 2.45) is 11.7 Å². The van der Waals surface area contributed by atoms with Crippen molar-refractivity contribution in [3.63, 3.8) is 0 Å². The van der Waals surface area contributed by atoms with E-state index in [0.717, 1.165) is 12.5 Å². The van der Waals surface area contributed by atoms with Gasteiger partial charge in [0.1, 0.15) is 0 Å². The molecule has 0 saturated carbocycles. The van der Waals surface area contributed by atoms with Gasteiger partial charge in [0.25, 0.3) is 0 Å². The fourth-order valence-corrected chi connectivity index (χ4v) is 2.91. The molecule has 2 aliphatic rings. The summed E-state index contributed by atoms with van der Waals surface area (Å²) in [5, 5.41) is 0. The molecule has 0 bridgehead atoms. The van der Waals surface area contributed by atoms with Gasteiger partial charge in [-0.1, -0.05) is 6.92 Å². The van der Waals surface area contributed by atoms with Gasteiger partial charge in [-0.05, 0) is 31.7 Å². The Labute approximate surface area is 68.7 Å². The zero-order valence-corrected chi connectivity index (χ0v) is 7.34. The average molecular weight is 154 g/mol. The van der Waals surface area contributed by atoms with E-state index in [-0.39, 0.29) is 0 Å². The van der Waals surface area contributed by atoms with Crippen molar-refractivity contribution in [2.45, 2.75) is 31.7 Å². The summed E-state index contributed by atoms with van der Waals surface area (Å²) in [6.07, 6.45) is 4.04. The number of hydrogen-bond acceptors (Lipinski definition) is 2. The third-order valence-electron chi connectivity index (χ3n) is 3.38. The summed E-state index contributed by atoms with van der Waals surface area (Å²) in [4.78, 5) is 2.61. The summed E-state index contributed by atoms with van der Waals surface area (Å²) in [5.41, 5.74) is 6.26. The molecule has 64 valence electrons. The molecule has 2 rings (SSSR count). The van der Waals surface area contributed by atoms with Crippen molar-refractivity contribution in [2.75, 3.05) is 19.6 Å². The number of fused-ring (bicyclic) bond motifs is 1. The molecule has 2 heteroatoms. The first kappa shape index (κ1) is 7.56. The van der Waals surface area contributed by atoms with E-state index in [0.29, 0.717) is 5.54 Å². The average Bonchev–Trinajstić information content (AvgIpc) is 2.43. The van der Waals surface area contributed by atoms with Crippen molar-refractivity contribution >= 4 is 0 Å². The summed E-state index contributed by atoms with van der Waals surface area (Å²) in [5.74, 6) is 0.874. The van der Waals surface area contributed by atoms with Crippen molar-refractivity contribution in [1.29, 1.82) is 0 Å². The first-order chi connectivity index (χ1) is 5.27. The largest absolute Gasteiger partial charge is 0.329 e. The van der Waals surface area contributed by atoms with E-state index >= 15 is 0 Å². The third-order valence-corrected chi connectivity index (χ3v) is 3.38. The molecule has 2 fully saturated rings. The minimum Gasteiger partial charge on any atom is -0.329 e. The van der Waals surface area contributed by atoms with Gasteiger partial charge >= 0.3 is 0 Å². The van der Waals surface area contributed by atoms with Gasteiger partial charge in [-0.3, -0.25) is 4.90 Å². The Kier molecular flexibility index (Phi) is 1.69. The zero-order valence-electron chi connectivity index (χ0n) is 7.34. The van der Waals surface area contributed by atoms with E-state index in [1.54, 1.807) is 0 Å². The van der Waals surface area contributed by atoms with Crippen molar-refractivity contribution in [3.05, 3.63) is 0 Å². The van der Waals surface area contributed by atoms with Gasteiger partial charge in [-0.2, -0.15) is 0 Å². The maximum atomic E-state index is 5.83. The fraction of sp³-hybridized carbons (Fsp3) is 1.00. The second-order valence-corrected chi connectivity index (χ2v) is 4.29. The number of rotatable bonds is 1. The van der Waals surface area contributed by atoms with Crippen LogP contribution in [0, 0.1) is 5.92 Å². The predicted octanol–water partition coefficient (Wildman–Crippen LogP) is 0.820. The highest BCUT2D eigenvalue weighted by Crippen LogP contribution is 2.40. The highest BCUT2D eigenvalue weighted by Gasteiger charge is 2.45. The Morgan fingerprint density at radius 3 is 3.09 bits per heavy atom. The number of nitrogens with two attached hydrogens (primary N) is 1. The smallest absolute Gasteiger partial charge is 0.0335 e. The van der Waals surface area contributed by atoms with Gasteiger partial charge in [-0.25, -0.2) is 0 Å². The van der Waals surface area contributed by atoms with Crippen molar-refractivity contribution < 1.29 is 0 Å². The normalized spacial score (nSPS) is 44.7. The van der Waals surface area contributed by atoms with Crippen LogP contribution in [0.3, 0.4) is 0 Å². The van der Waals surface area contributed by atoms with Gasteiger partial charge in [0, 0.05) is 18.6 Å². The molecule has 0 radical (unpaired) electrons. The summed E-state index contributed by atoms with van der Waals surface area (Å²) < 4.78 is 0. The van der Waals surface area contributed by atoms with Gasteiger partial charge in [-0.15, -0.1) is 0 Å². The Hall–Kier alpha value is -0.0800. The molecule has 0 aromatic carbocycles. The van der Waals surface area contributed by atoms with Gasteiger partial charge < -0.3 is 5.73 Å². The summed E-state index contributed by atoms with van der Waals surface area (Å²) >= 11 is 0. The lowest BCUT2D eigenvalue weighted by atomic mass is 9.91. The van der Waals surface area contributed by atoms with Crippen LogP contribution in [-0.2, 0) is 0 Å². The highest BCUT2D eigenvalue weighted by atomic mass is 15.3. The molecule has 0 aromatic heterocycles. The maximum Gasteiger partial charge on any atom is 0.0335 e. The van der Waals surface area contributed by atoms with Crippen LogP contribution in [-0.4, -0.2) is 30.1 Å². The van der Waals surface area contributed by atoms with E-state index in [9.17, 15) is 0 Å². The first-order valence-electron chi connectivity index (χ1n) is 4.72. The quantitative estimate of drug-likeness (QED) is 0.606. The first-order valence-corrected chi connectivity index (χ1v) is 4.72. The van der Waals surface area contributed by atoms with Crippen LogP contribution >= 0.6 is 0 Å². The SMILES string of the molecule is C[C@@H]1CN2CCC[C@@]2(CN)C1. The minimum atomic E-state index is 0.430. The molecule has 2 heterocycles. The topological polar surface area (TPSA) is 29.3 Å². The molecule has 11 heavy (non-hydrogen) atoms. The Balaban J connectivity index is 2.15. The second-order valence-electron chi connectivity index (χ2n) is 4.29. The van der Waals surface area contributed by atoms with Gasteiger partial charge in [0.2, 0.25) is 0 Å². The van der Waals surface area contributed by atoms with Gasteiger partial charge in [0.05, 0.1) is 0 Å². The minimum absolute atomic E-state index is 0.430. The van der Waals surface area contributed by atoms with E-state index in [2.05, 4.69) is 11.8 Å². The molecule has 2 N–H and O–H groups in total. The maximum absolute atomic E-state index is 5.83. The lowest BCUT2D eigenvalue weighted by molar-refractivity contribution is 0.204. The molecule has 0 aliphatic carbocycles. The van der Waals surface area contributed by atoms with Crippen molar-refractivity contribution in [3.8, 4) is 0 Å². The third kappa shape index (κ3) is 1.00. The van der Waals surface area contributed by atoms with Crippen LogP contribution in [0.15, 0.2) is 0 Å². The lowest BCUT2D eigenvalue weighted by Gasteiger charge is -2.30. The highest BCUT2D eigenvalue weighted by molar-refractivity contribution is 5.02. The molecule has 0 unspecified atom stereocenters. The molecule has 2 saturated heterocycles. The fourth-order valence-electron chi connectivity index (χ4n) is 2.91. The molecular formula is C9H18N2. The molecule has 0 amide bonds. The summed E-state index contributed by atoms with van der Waals surface area (Å²) in [6, 6.07) is 0. The van der Waals surface area contributed by atoms with Crippen LogP contribution < -0.4 is 5.73 Å². The number of nitrogens with zero attached hydrogens (tertiary/aromatic N) is 1. The number of hydrogen-bond donors (Lipinski definition) is 1. The Morgan fingerprint density at radius 1 is 1.64 bits per heavy atom. The van der Waals surface area contributed by atoms with Crippen LogP contribution in [0.5, 0.6) is 0 Å². The molecule has 2 aliphatic heterocycles. The summed E-state index contributed by atoms with van der Waals surface area (Å²) in [6.45, 7) is 5.80. The van der Waals surface area contributed by atoms with Gasteiger partial charge in [0.15, 0.2) is 0 Å². The predicted molar refractivity (Wildman–Crippen MR) is 46.4 cm³/mol. The lowest BCUT2D eigenvalue weighted by Crippen LogP contribution is -2.44. The second kappa shape index (κ2) is 2.46. The molecule has 0 aromatic rings. The van der Waals surface area contributed by atoms with E-state index in [1.165, 1.54) is 32.4 Å². The molecule has 2 nitrogen and oxygen atoms in total. The molecule has 0 spiro atoms. The van der Waals surface area contributed by atoms with Crippen LogP contribution in [0.1, 0.15) is 26.2 Å². The van der Waals surface area contributed by atoms with Crippen LogP contribution in [0.2, 0.25) is 0 Å². The standard InChI is InChI=1S/C9H18N2/c1-8-5-9(7-10)3-2-4-11(9)6-8/h8H,2-7,10H2,1H3/t8-,9-/m0/s1. The Morgan fingerprint density at radius 2 is 2.45 bits per heavy atom. The van der Waals surface area contributed by atoms with Crippen LogP contribution in [0.25, 0.3) is 0 Å². The van der Waals surface area contributed by atoms with E-state index in [4.69, 9.17) is 5.73 Å². The molecule has 2 atom stereocenters. The monoisotopic (exact) mass is 154 g/mol. The van der Waals surface area contributed by atoms with Crippen molar-refractivity contribution in [1.82, 2.24) is 4.90 Å². The van der Waals surface area contributed by atoms with E-state index < -0.39 is 0 Å². The van der Waals surface area contributed by atoms with E-state index in [1.807, 2.05) is 0 Å².